The molecule has 0 aromatic rings. The minimum atomic E-state index is -0.326. The maximum Gasteiger partial charge on any atom is 0.232 e. The fourth-order valence-corrected chi connectivity index (χ4v) is 13.7. The highest BCUT2D eigenvalue weighted by molar-refractivity contribution is 5.97. The number of ether oxygens (including phenoxy) is 2. The van der Waals surface area contributed by atoms with Crippen LogP contribution in [0.2, 0.25) is 0 Å². The molecule has 7 heteroatoms. The summed E-state index contributed by atoms with van der Waals surface area (Å²) in [5, 5.41) is 3.35. The second kappa shape index (κ2) is 12.5. The van der Waals surface area contributed by atoms with Crippen molar-refractivity contribution < 1.29 is 19.1 Å². The lowest BCUT2D eigenvalue weighted by Gasteiger charge is -2.61. The van der Waals surface area contributed by atoms with Gasteiger partial charge in [0.1, 0.15) is 6.42 Å². The summed E-state index contributed by atoms with van der Waals surface area (Å²) >= 11 is 0. The van der Waals surface area contributed by atoms with Gasteiger partial charge < -0.3 is 24.6 Å². The molecule has 8 fully saturated rings. The molecule has 4 saturated heterocycles. The van der Waals surface area contributed by atoms with Gasteiger partial charge in [-0.3, -0.25) is 9.59 Å². The van der Waals surface area contributed by atoms with Crippen molar-refractivity contribution >= 4 is 11.8 Å². The van der Waals surface area contributed by atoms with E-state index >= 15 is 0 Å². The maximum atomic E-state index is 13.2. The summed E-state index contributed by atoms with van der Waals surface area (Å²) in [5.41, 5.74) is 0.735. The first-order valence-corrected chi connectivity index (χ1v) is 20.2. The molecule has 264 valence electrons. The van der Waals surface area contributed by atoms with E-state index in [0.717, 1.165) is 69.6 Å². The van der Waals surface area contributed by atoms with E-state index in [1.54, 1.807) is 0 Å². The quantitative estimate of drug-likeness (QED) is 0.339. The molecule has 0 bridgehead atoms. The second-order valence-corrected chi connectivity index (χ2v) is 18.6. The number of nitrogens with one attached hydrogen (secondary N) is 1. The standard InChI is InChI=1S/C40H65N3O4/c1-26-10-17-40(46-25-26)27(2)37-34(47-40)23-33-31-9-8-28-22-29(11-15-38(28,3)32(31)12-16-39(33,37)4)41-35(44)24-36(45)43-20-13-30(14-21-43)42-18-6-5-7-19-42/h26-34,37H,5-25H2,1-4H3,(H,41,44)/t26-,27+,28+,29-,31-,32+,33+,34+,37+,38+,39+,40-/m1/s1. The van der Waals surface area contributed by atoms with Crippen LogP contribution in [0.4, 0.5) is 0 Å². The highest BCUT2D eigenvalue weighted by Crippen LogP contribution is 2.71. The zero-order valence-electron chi connectivity index (χ0n) is 30.2. The van der Waals surface area contributed by atoms with Crippen LogP contribution in [0.5, 0.6) is 0 Å². The fraction of sp³-hybridized carbons (Fsp3) is 0.950. The van der Waals surface area contributed by atoms with E-state index in [4.69, 9.17) is 9.47 Å². The molecule has 0 aromatic heterocycles. The zero-order chi connectivity index (χ0) is 32.6. The first-order chi connectivity index (χ1) is 22.6. The molecule has 4 saturated carbocycles. The highest BCUT2D eigenvalue weighted by Gasteiger charge is 2.69. The van der Waals surface area contributed by atoms with Gasteiger partial charge in [-0.15, -0.1) is 0 Å². The van der Waals surface area contributed by atoms with Gasteiger partial charge >= 0.3 is 0 Å². The lowest BCUT2D eigenvalue weighted by atomic mass is 9.44. The summed E-state index contributed by atoms with van der Waals surface area (Å²) in [6, 6.07) is 0.841. The van der Waals surface area contributed by atoms with Gasteiger partial charge in [0.15, 0.2) is 5.79 Å². The molecule has 0 radical (unpaired) electrons. The Bertz CT molecular complexity index is 1170. The molecular formula is C40H65N3O4. The van der Waals surface area contributed by atoms with Crippen LogP contribution in [0.1, 0.15) is 130 Å². The predicted octanol–water partition coefficient (Wildman–Crippen LogP) is 6.78. The highest BCUT2D eigenvalue weighted by atomic mass is 16.7. The molecule has 47 heavy (non-hydrogen) atoms. The van der Waals surface area contributed by atoms with Crippen LogP contribution in [0.15, 0.2) is 0 Å². The number of hydrogen-bond acceptors (Lipinski definition) is 5. The number of piperidine rings is 2. The molecule has 1 N–H and O–H groups in total. The summed E-state index contributed by atoms with van der Waals surface area (Å²) in [6.45, 7) is 14.9. The smallest absolute Gasteiger partial charge is 0.232 e. The number of likely N-dealkylation sites (tertiary alicyclic amines) is 2. The molecule has 7 nitrogen and oxygen atoms in total. The number of carbonyl (C=O) groups is 2. The molecule has 0 aromatic carbocycles. The van der Waals surface area contributed by atoms with E-state index in [9.17, 15) is 9.59 Å². The van der Waals surface area contributed by atoms with E-state index in [1.165, 1.54) is 77.3 Å². The van der Waals surface area contributed by atoms with Gasteiger partial charge in [0.2, 0.25) is 11.8 Å². The Hall–Kier alpha value is -1.18. The van der Waals surface area contributed by atoms with Crippen molar-refractivity contribution in [2.24, 2.45) is 52.3 Å². The van der Waals surface area contributed by atoms with Gasteiger partial charge in [-0.25, -0.2) is 0 Å². The first kappa shape index (κ1) is 33.0. The average molecular weight is 652 g/mol. The Morgan fingerprint density at radius 3 is 2.32 bits per heavy atom. The Morgan fingerprint density at radius 1 is 0.809 bits per heavy atom. The fourth-order valence-electron chi connectivity index (χ4n) is 13.7. The third-order valence-electron chi connectivity index (χ3n) is 16.3. The normalized spacial score (nSPS) is 48.8. The number of carbonyl (C=O) groups excluding carboxylic acids is 2. The van der Waals surface area contributed by atoms with Gasteiger partial charge in [-0.2, -0.15) is 0 Å². The molecule has 0 unspecified atom stereocenters. The lowest BCUT2D eigenvalue weighted by Crippen LogP contribution is -2.56. The SMILES string of the molecule is C[C@@H]1CC[C@@]2(OC1)O[C@H]1C[C@H]3[C@@H]4CC[C@H]5C[C@H](NC(=O)CC(=O)N6CCC(N7CCCCC7)CC6)CC[C@]5(C)[C@H]4CC[C@]3(C)[C@H]1[C@@H]2C. The summed E-state index contributed by atoms with van der Waals surface area (Å²) in [5.74, 6) is 4.45. The van der Waals surface area contributed by atoms with E-state index in [1.807, 2.05) is 4.90 Å². The Balaban J connectivity index is 0.841. The van der Waals surface area contributed by atoms with Crippen LogP contribution in [0, 0.1) is 52.3 Å². The van der Waals surface area contributed by atoms with Crippen molar-refractivity contribution in [2.45, 2.75) is 154 Å². The molecule has 8 aliphatic rings. The van der Waals surface area contributed by atoms with Gasteiger partial charge in [0.25, 0.3) is 0 Å². The number of nitrogens with zero attached hydrogens (tertiary/aromatic N) is 2. The largest absolute Gasteiger partial charge is 0.353 e. The van der Waals surface area contributed by atoms with Crippen LogP contribution in [-0.2, 0) is 19.1 Å². The van der Waals surface area contributed by atoms with Crippen LogP contribution < -0.4 is 5.32 Å². The minimum Gasteiger partial charge on any atom is -0.353 e. The molecule has 4 aliphatic heterocycles. The van der Waals surface area contributed by atoms with Crippen molar-refractivity contribution in [1.29, 1.82) is 0 Å². The van der Waals surface area contributed by atoms with Gasteiger partial charge in [0.05, 0.1) is 12.7 Å². The summed E-state index contributed by atoms with van der Waals surface area (Å²) in [4.78, 5) is 30.9. The molecule has 12 atom stereocenters. The number of fused-ring (bicyclic) bond motifs is 7. The molecule has 4 heterocycles. The van der Waals surface area contributed by atoms with Crippen LogP contribution in [0.25, 0.3) is 0 Å². The molecular weight excluding hydrogens is 586 g/mol. The van der Waals surface area contributed by atoms with Gasteiger partial charge in [-0.05, 0) is 143 Å². The van der Waals surface area contributed by atoms with Crippen molar-refractivity contribution in [3.63, 3.8) is 0 Å². The van der Waals surface area contributed by atoms with Gasteiger partial charge in [0, 0.05) is 37.5 Å². The minimum absolute atomic E-state index is 0.0198. The van der Waals surface area contributed by atoms with E-state index < -0.39 is 0 Å². The molecule has 1 spiro atoms. The van der Waals surface area contributed by atoms with E-state index in [-0.39, 0.29) is 30.1 Å². The molecule has 2 amide bonds. The Labute approximate surface area is 285 Å². The number of rotatable bonds is 4. The number of hydrogen-bond donors (Lipinski definition) is 1. The number of amides is 2. The van der Waals surface area contributed by atoms with Gasteiger partial charge in [-0.1, -0.05) is 34.1 Å². The van der Waals surface area contributed by atoms with Crippen LogP contribution in [-0.4, -0.2) is 78.4 Å². The maximum absolute atomic E-state index is 13.2. The van der Waals surface area contributed by atoms with E-state index in [2.05, 4.69) is 37.9 Å². The summed E-state index contributed by atoms with van der Waals surface area (Å²) in [7, 11) is 0. The molecule has 8 rings (SSSR count). The third kappa shape index (κ3) is 5.63. The van der Waals surface area contributed by atoms with Crippen molar-refractivity contribution in [2.75, 3.05) is 32.8 Å². The van der Waals surface area contributed by atoms with Crippen molar-refractivity contribution in [3.8, 4) is 0 Å². The monoisotopic (exact) mass is 651 g/mol. The summed E-state index contributed by atoms with van der Waals surface area (Å²) in [6.07, 6.45) is 18.7. The van der Waals surface area contributed by atoms with Crippen LogP contribution in [0.3, 0.4) is 0 Å². The Morgan fingerprint density at radius 2 is 1.57 bits per heavy atom. The lowest BCUT2D eigenvalue weighted by molar-refractivity contribution is -0.273. The zero-order valence-corrected chi connectivity index (χ0v) is 30.2. The predicted molar refractivity (Wildman–Crippen MR) is 183 cm³/mol. The first-order valence-electron chi connectivity index (χ1n) is 20.2. The van der Waals surface area contributed by atoms with Crippen LogP contribution >= 0.6 is 0 Å². The topological polar surface area (TPSA) is 71.1 Å². The van der Waals surface area contributed by atoms with Crippen molar-refractivity contribution in [3.05, 3.63) is 0 Å². The van der Waals surface area contributed by atoms with E-state index in [0.29, 0.717) is 46.6 Å². The molecule has 4 aliphatic carbocycles. The second-order valence-electron chi connectivity index (χ2n) is 18.6. The van der Waals surface area contributed by atoms with Crippen molar-refractivity contribution in [1.82, 2.24) is 15.1 Å². The average Bonchev–Trinajstić information content (AvgIpc) is 3.52. The summed E-state index contributed by atoms with van der Waals surface area (Å²) < 4.78 is 13.5. The third-order valence-corrected chi connectivity index (χ3v) is 16.3. The Kier molecular flexibility index (Phi) is 8.81.